The van der Waals surface area contributed by atoms with Crippen molar-refractivity contribution in [1.29, 1.82) is 0 Å². The van der Waals surface area contributed by atoms with E-state index in [0.29, 0.717) is 32.5 Å². The Labute approximate surface area is 248 Å². The molecule has 2 fully saturated rings. The fraction of sp³-hybridized carbons (Fsp3) is 0.394. The molecule has 1 heterocycles. The van der Waals surface area contributed by atoms with Gasteiger partial charge in [0.15, 0.2) is 0 Å². The highest BCUT2D eigenvalue weighted by Gasteiger charge is 2.31. The van der Waals surface area contributed by atoms with E-state index < -0.39 is 16.1 Å². The van der Waals surface area contributed by atoms with Crippen molar-refractivity contribution in [3.05, 3.63) is 102 Å². The van der Waals surface area contributed by atoms with Crippen molar-refractivity contribution in [2.24, 2.45) is 0 Å². The van der Waals surface area contributed by atoms with Crippen LogP contribution >= 0.6 is 0 Å². The zero-order valence-corrected chi connectivity index (χ0v) is 24.6. The van der Waals surface area contributed by atoms with E-state index in [4.69, 9.17) is 4.74 Å². The molecule has 3 aromatic carbocycles. The van der Waals surface area contributed by atoms with Gasteiger partial charge in [-0.15, -0.1) is 0 Å². The summed E-state index contributed by atoms with van der Waals surface area (Å²) in [5, 5.41) is 3.06. The van der Waals surface area contributed by atoms with Gasteiger partial charge in [-0.2, -0.15) is 0 Å². The molecule has 0 aromatic heterocycles. The summed E-state index contributed by atoms with van der Waals surface area (Å²) in [6.45, 7) is 1.42. The predicted molar refractivity (Wildman–Crippen MR) is 161 cm³/mol. The zero-order chi connectivity index (χ0) is 29.4. The Balaban J connectivity index is 1.32. The summed E-state index contributed by atoms with van der Waals surface area (Å²) in [5.41, 5.74) is 2.77. The quantitative estimate of drug-likeness (QED) is 0.296. The van der Waals surface area contributed by atoms with Crippen LogP contribution in [0.25, 0.3) is 0 Å². The third kappa shape index (κ3) is 8.50. The minimum Gasteiger partial charge on any atom is -0.376 e. The van der Waals surface area contributed by atoms with Gasteiger partial charge >= 0.3 is 0 Å². The molecule has 2 aliphatic rings. The van der Waals surface area contributed by atoms with E-state index in [0.717, 1.165) is 42.4 Å². The second-order valence-corrected chi connectivity index (χ2v) is 12.8. The lowest BCUT2D eigenvalue weighted by atomic mass is 10.0. The Morgan fingerprint density at radius 3 is 2.14 bits per heavy atom. The van der Waals surface area contributed by atoms with E-state index in [1.54, 1.807) is 29.2 Å². The molecule has 1 aliphatic carbocycles. The maximum absolute atomic E-state index is 13.9. The van der Waals surface area contributed by atoms with Crippen LogP contribution in [0.3, 0.4) is 0 Å². The van der Waals surface area contributed by atoms with Gasteiger partial charge in [0.1, 0.15) is 6.04 Å². The molecule has 3 aromatic rings. The molecule has 2 amide bonds. The highest BCUT2D eigenvalue weighted by Crippen LogP contribution is 2.23. The van der Waals surface area contributed by atoms with E-state index in [1.807, 2.05) is 60.7 Å². The molecule has 2 atom stereocenters. The zero-order valence-electron chi connectivity index (χ0n) is 23.8. The molecule has 42 heavy (non-hydrogen) atoms. The minimum absolute atomic E-state index is 0.00383. The first-order valence-corrected chi connectivity index (χ1v) is 16.2. The monoisotopic (exact) mass is 589 g/mol. The molecule has 0 spiro atoms. The SMILES string of the molecule is O=C(NCC1CCCO1)C(Cc1ccccc1)N(Cc1ccccc1)C(=O)CCc1ccc(S(=O)(=O)NC2CC2)cc1. The minimum atomic E-state index is -3.53. The van der Waals surface area contributed by atoms with Crippen LogP contribution in [0, 0.1) is 0 Å². The maximum Gasteiger partial charge on any atom is 0.243 e. The summed E-state index contributed by atoms with van der Waals surface area (Å²) >= 11 is 0. The number of benzene rings is 3. The number of hydrogen-bond acceptors (Lipinski definition) is 5. The highest BCUT2D eigenvalue weighted by molar-refractivity contribution is 7.89. The number of sulfonamides is 1. The van der Waals surface area contributed by atoms with Crippen LogP contribution in [0.15, 0.2) is 89.8 Å². The Morgan fingerprint density at radius 2 is 1.52 bits per heavy atom. The molecular formula is C33H39N3O5S. The summed E-state index contributed by atoms with van der Waals surface area (Å²) in [7, 11) is -3.53. The number of aryl methyl sites for hydroxylation is 1. The molecule has 0 radical (unpaired) electrons. The molecular weight excluding hydrogens is 550 g/mol. The van der Waals surface area contributed by atoms with Crippen molar-refractivity contribution in [3.63, 3.8) is 0 Å². The van der Waals surface area contributed by atoms with Crippen molar-refractivity contribution >= 4 is 21.8 Å². The van der Waals surface area contributed by atoms with Crippen LogP contribution in [0.4, 0.5) is 0 Å². The number of ether oxygens (including phenoxy) is 1. The van der Waals surface area contributed by atoms with E-state index >= 15 is 0 Å². The van der Waals surface area contributed by atoms with E-state index in [-0.39, 0.29) is 35.3 Å². The largest absolute Gasteiger partial charge is 0.376 e. The van der Waals surface area contributed by atoms with Crippen molar-refractivity contribution < 1.29 is 22.7 Å². The number of nitrogens with one attached hydrogen (secondary N) is 2. The second-order valence-electron chi connectivity index (χ2n) is 11.1. The summed E-state index contributed by atoms with van der Waals surface area (Å²) in [5.74, 6) is -0.337. The summed E-state index contributed by atoms with van der Waals surface area (Å²) in [6.07, 6.45) is 4.63. The molecule has 1 saturated carbocycles. The molecule has 222 valence electrons. The fourth-order valence-corrected chi connectivity index (χ4v) is 6.50. The summed E-state index contributed by atoms with van der Waals surface area (Å²) in [4.78, 5) is 29.5. The van der Waals surface area contributed by atoms with Crippen molar-refractivity contribution in [2.75, 3.05) is 13.2 Å². The number of nitrogens with zero attached hydrogens (tertiary/aromatic N) is 1. The standard InChI is InChI=1S/C33H39N3O5S/c37-32(20-15-25-13-18-30(19-14-25)42(39,40)35-28-16-17-28)36(24-27-10-5-2-6-11-27)31(22-26-8-3-1-4-9-26)33(38)34-23-29-12-7-21-41-29/h1-6,8-11,13-14,18-19,28-29,31,35H,7,12,15-17,20-24H2,(H,34,38). The molecule has 0 bridgehead atoms. The van der Waals surface area contributed by atoms with Crippen LogP contribution in [0.1, 0.15) is 48.8 Å². The van der Waals surface area contributed by atoms with Crippen molar-refractivity contribution in [2.45, 2.75) is 74.6 Å². The first kappa shape index (κ1) is 29.9. The Morgan fingerprint density at radius 1 is 0.857 bits per heavy atom. The number of carbonyl (C=O) groups excluding carboxylic acids is 2. The number of hydrogen-bond donors (Lipinski definition) is 2. The first-order valence-electron chi connectivity index (χ1n) is 14.8. The van der Waals surface area contributed by atoms with Gasteiger partial charge in [0, 0.05) is 38.6 Å². The van der Waals surface area contributed by atoms with E-state index in [9.17, 15) is 18.0 Å². The number of rotatable bonds is 14. The molecule has 8 nitrogen and oxygen atoms in total. The Bertz CT molecular complexity index is 1420. The van der Waals surface area contributed by atoms with E-state index in [2.05, 4.69) is 10.0 Å². The first-order chi connectivity index (χ1) is 20.4. The smallest absolute Gasteiger partial charge is 0.243 e. The van der Waals surface area contributed by atoms with Crippen LogP contribution < -0.4 is 10.0 Å². The lowest BCUT2D eigenvalue weighted by Crippen LogP contribution is -2.51. The van der Waals surface area contributed by atoms with Gasteiger partial charge in [0.25, 0.3) is 0 Å². The highest BCUT2D eigenvalue weighted by atomic mass is 32.2. The van der Waals surface area contributed by atoms with Crippen molar-refractivity contribution in [1.82, 2.24) is 14.9 Å². The third-order valence-electron chi connectivity index (χ3n) is 7.76. The number of amides is 2. The van der Waals surface area contributed by atoms with Crippen LogP contribution in [0.5, 0.6) is 0 Å². The Kier molecular flexibility index (Phi) is 10.0. The average Bonchev–Trinajstić information content (AvgIpc) is 3.65. The van der Waals surface area contributed by atoms with Crippen LogP contribution in [-0.4, -0.2) is 56.5 Å². The maximum atomic E-state index is 13.9. The van der Waals surface area contributed by atoms with Gasteiger partial charge in [-0.05, 0) is 60.9 Å². The second kappa shape index (κ2) is 14.1. The normalized spacial score (nSPS) is 17.5. The summed E-state index contributed by atoms with van der Waals surface area (Å²) in [6, 6.07) is 25.5. The topological polar surface area (TPSA) is 105 Å². The average molecular weight is 590 g/mol. The van der Waals surface area contributed by atoms with E-state index in [1.165, 1.54) is 0 Å². The van der Waals surface area contributed by atoms with Gasteiger partial charge in [-0.1, -0.05) is 72.8 Å². The lowest BCUT2D eigenvalue weighted by molar-refractivity contribution is -0.141. The molecule has 5 rings (SSSR count). The van der Waals surface area contributed by atoms with Gasteiger partial charge < -0.3 is 15.0 Å². The van der Waals surface area contributed by atoms with Gasteiger partial charge in [-0.25, -0.2) is 13.1 Å². The fourth-order valence-electron chi connectivity index (χ4n) is 5.19. The Hall–Kier alpha value is -3.53. The van der Waals surface area contributed by atoms with Gasteiger partial charge in [-0.3, -0.25) is 9.59 Å². The number of carbonyl (C=O) groups is 2. The van der Waals surface area contributed by atoms with Crippen LogP contribution in [-0.2, 0) is 43.7 Å². The molecule has 1 aliphatic heterocycles. The lowest BCUT2D eigenvalue weighted by Gasteiger charge is -2.32. The molecule has 2 unspecified atom stereocenters. The molecule has 2 N–H and O–H groups in total. The van der Waals surface area contributed by atoms with Crippen molar-refractivity contribution in [3.8, 4) is 0 Å². The summed E-state index contributed by atoms with van der Waals surface area (Å²) < 4.78 is 33.5. The van der Waals surface area contributed by atoms with Gasteiger partial charge in [0.05, 0.1) is 11.0 Å². The van der Waals surface area contributed by atoms with Gasteiger partial charge in [0.2, 0.25) is 21.8 Å². The van der Waals surface area contributed by atoms with Crippen LogP contribution in [0.2, 0.25) is 0 Å². The molecule has 9 heteroatoms. The molecule has 1 saturated heterocycles. The predicted octanol–water partition coefficient (Wildman–Crippen LogP) is 4.00. The third-order valence-corrected chi connectivity index (χ3v) is 9.29.